The van der Waals surface area contributed by atoms with Crippen LogP contribution in [0, 0.1) is 13.8 Å². The van der Waals surface area contributed by atoms with E-state index in [0.29, 0.717) is 25.2 Å². The molecule has 5 heteroatoms. The minimum Gasteiger partial charge on any atom is -0.365 e. The number of carbonyl (C=O) groups is 2. The third-order valence-corrected chi connectivity index (χ3v) is 4.69. The molecule has 0 bridgehead atoms. The van der Waals surface area contributed by atoms with Gasteiger partial charge in [-0.05, 0) is 42.7 Å². The average Bonchev–Trinajstić information content (AvgIpc) is 2.65. The van der Waals surface area contributed by atoms with Crippen molar-refractivity contribution in [3.8, 4) is 0 Å². The Morgan fingerprint density at radius 2 is 1.92 bits per heavy atom. The van der Waals surface area contributed by atoms with Crippen LogP contribution in [0.5, 0.6) is 0 Å². The first-order chi connectivity index (χ1) is 12.5. The largest absolute Gasteiger partial charge is 0.365 e. The molecule has 0 aromatic heterocycles. The molecular weight excluding hydrogens is 328 g/mol. The van der Waals surface area contributed by atoms with Crippen molar-refractivity contribution in [2.75, 3.05) is 19.7 Å². The zero-order chi connectivity index (χ0) is 18.5. The highest BCUT2D eigenvalue weighted by Crippen LogP contribution is 2.12. The SMILES string of the molecule is Cc1ccc(C(=O)NCC2CN(Cc3ccccc3)C(=O)CO2)cc1C. The molecule has 1 aliphatic rings. The van der Waals surface area contributed by atoms with E-state index in [1.54, 1.807) is 4.90 Å². The van der Waals surface area contributed by atoms with Crippen molar-refractivity contribution in [3.63, 3.8) is 0 Å². The number of aryl methyl sites for hydroxylation is 2. The highest BCUT2D eigenvalue weighted by molar-refractivity contribution is 5.94. The molecule has 1 unspecified atom stereocenters. The Balaban J connectivity index is 1.55. The van der Waals surface area contributed by atoms with Crippen molar-refractivity contribution in [2.45, 2.75) is 26.5 Å². The van der Waals surface area contributed by atoms with Gasteiger partial charge in [0, 0.05) is 25.2 Å². The fraction of sp³-hybridized carbons (Fsp3) is 0.333. The second-order valence-electron chi connectivity index (χ2n) is 6.70. The molecule has 1 aliphatic heterocycles. The summed E-state index contributed by atoms with van der Waals surface area (Å²) in [6.45, 7) is 5.47. The standard InChI is InChI=1S/C21H24N2O3/c1-15-8-9-18(10-16(15)2)21(25)22-11-19-13-23(20(24)14-26-19)12-17-6-4-3-5-7-17/h3-10,19H,11-14H2,1-2H3,(H,22,25). The lowest BCUT2D eigenvalue weighted by molar-refractivity contribution is -0.149. The molecule has 0 aliphatic carbocycles. The fourth-order valence-corrected chi connectivity index (χ4v) is 2.95. The van der Waals surface area contributed by atoms with E-state index in [-0.39, 0.29) is 24.5 Å². The molecule has 136 valence electrons. The molecule has 3 rings (SSSR count). The van der Waals surface area contributed by atoms with Crippen LogP contribution in [0.15, 0.2) is 48.5 Å². The Hall–Kier alpha value is -2.66. The van der Waals surface area contributed by atoms with Crippen molar-refractivity contribution in [3.05, 3.63) is 70.8 Å². The topological polar surface area (TPSA) is 58.6 Å². The number of hydrogen-bond acceptors (Lipinski definition) is 3. The number of rotatable bonds is 5. The molecule has 5 nitrogen and oxygen atoms in total. The van der Waals surface area contributed by atoms with Gasteiger partial charge in [-0.25, -0.2) is 0 Å². The minimum absolute atomic E-state index is 0.0226. The summed E-state index contributed by atoms with van der Waals surface area (Å²) in [5.41, 5.74) is 3.97. The molecule has 1 saturated heterocycles. The molecule has 2 aromatic carbocycles. The summed E-state index contributed by atoms with van der Waals surface area (Å²) in [5.74, 6) is -0.145. The number of carbonyl (C=O) groups excluding carboxylic acids is 2. The molecule has 1 heterocycles. The van der Waals surface area contributed by atoms with Crippen LogP contribution in [-0.4, -0.2) is 42.5 Å². The maximum atomic E-state index is 12.3. The first-order valence-electron chi connectivity index (χ1n) is 8.81. The van der Waals surface area contributed by atoms with Crippen molar-refractivity contribution in [2.24, 2.45) is 0 Å². The van der Waals surface area contributed by atoms with Gasteiger partial charge in [0.05, 0.1) is 6.10 Å². The van der Waals surface area contributed by atoms with Crippen molar-refractivity contribution >= 4 is 11.8 Å². The first kappa shape index (κ1) is 18.1. The van der Waals surface area contributed by atoms with Gasteiger partial charge in [0.25, 0.3) is 5.91 Å². The second-order valence-corrected chi connectivity index (χ2v) is 6.70. The van der Waals surface area contributed by atoms with E-state index < -0.39 is 0 Å². The minimum atomic E-state index is -0.202. The quantitative estimate of drug-likeness (QED) is 0.899. The summed E-state index contributed by atoms with van der Waals surface area (Å²) >= 11 is 0. The normalized spacial score (nSPS) is 17.2. The van der Waals surface area contributed by atoms with Crippen LogP contribution >= 0.6 is 0 Å². The van der Waals surface area contributed by atoms with Gasteiger partial charge in [0.2, 0.25) is 5.91 Å². The summed E-state index contributed by atoms with van der Waals surface area (Å²) in [6.07, 6.45) is -0.202. The zero-order valence-electron chi connectivity index (χ0n) is 15.2. The third kappa shape index (κ3) is 4.49. The van der Waals surface area contributed by atoms with Crippen LogP contribution < -0.4 is 5.32 Å². The molecule has 1 fully saturated rings. The van der Waals surface area contributed by atoms with E-state index >= 15 is 0 Å². The van der Waals surface area contributed by atoms with Crippen molar-refractivity contribution < 1.29 is 14.3 Å². The first-order valence-corrected chi connectivity index (χ1v) is 8.81. The van der Waals surface area contributed by atoms with Gasteiger partial charge < -0.3 is 15.0 Å². The maximum Gasteiger partial charge on any atom is 0.251 e. The van der Waals surface area contributed by atoms with Crippen LogP contribution in [0.25, 0.3) is 0 Å². The Morgan fingerprint density at radius 1 is 1.15 bits per heavy atom. The number of amides is 2. The van der Waals surface area contributed by atoms with E-state index in [2.05, 4.69) is 5.32 Å². The highest BCUT2D eigenvalue weighted by atomic mass is 16.5. The van der Waals surface area contributed by atoms with Gasteiger partial charge in [-0.1, -0.05) is 36.4 Å². The van der Waals surface area contributed by atoms with Crippen LogP contribution in [0.4, 0.5) is 0 Å². The van der Waals surface area contributed by atoms with Crippen LogP contribution in [0.2, 0.25) is 0 Å². The summed E-state index contributed by atoms with van der Waals surface area (Å²) in [6, 6.07) is 15.5. The monoisotopic (exact) mass is 352 g/mol. The van der Waals surface area contributed by atoms with Gasteiger partial charge in [-0.15, -0.1) is 0 Å². The molecule has 0 spiro atoms. The number of morpholine rings is 1. The van der Waals surface area contributed by atoms with Gasteiger partial charge in [0.1, 0.15) is 6.61 Å². The average molecular weight is 352 g/mol. The van der Waals surface area contributed by atoms with Gasteiger partial charge in [-0.2, -0.15) is 0 Å². The summed E-state index contributed by atoms with van der Waals surface area (Å²) in [5, 5.41) is 2.91. The number of nitrogens with zero attached hydrogens (tertiary/aromatic N) is 1. The highest BCUT2D eigenvalue weighted by Gasteiger charge is 2.26. The number of hydrogen-bond donors (Lipinski definition) is 1. The Labute approximate surface area is 154 Å². The van der Waals surface area contributed by atoms with E-state index in [0.717, 1.165) is 16.7 Å². The Morgan fingerprint density at radius 3 is 2.65 bits per heavy atom. The van der Waals surface area contributed by atoms with Gasteiger partial charge in [0.15, 0.2) is 0 Å². The predicted octanol–water partition coefficient (Wildman–Crippen LogP) is 2.46. The van der Waals surface area contributed by atoms with E-state index in [1.165, 1.54) is 0 Å². The Kier molecular flexibility index (Phi) is 5.68. The van der Waals surface area contributed by atoms with E-state index in [4.69, 9.17) is 4.74 Å². The number of benzene rings is 2. The van der Waals surface area contributed by atoms with Gasteiger partial charge in [-0.3, -0.25) is 9.59 Å². The summed E-state index contributed by atoms with van der Waals surface area (Å²) in [7, 11) is 0. The van der Waals surface area contributed by atoms with Crippen LogP contribution in [-0.2, 0) is 16.1 Å². The van der Waals surface area contributed by atoms with Gasteiger partial charge >= 0.3 is 0 Å². The van der Waals surface area contributed by atoms with Crippen molar-refractivity contribution in [1.82, 2.24) is 10.2 Å². The molecule has 2 aromatic rings. The molecule has 26 heavy (non-hydrogen) atoms. The molecule has 0 radical (unpaired) electrons. The summed E-state index contributed by atoms with van der Waals surface area (Å²) < 4.78 is 5.58. The lowest BCUT2D eigenvalue weighted by atomic mass is 10.1. The fourth-order valence-electron chi connectivity index (χ4n) is 2.95. The van der Waals surface area contributed by atoms with E-state index in [1.807, 2.05) is 62.4 Å². The van der Waals surface area contributed by atoms with Crippen LogP contribution in [0.3, 0.4) is 0 Å². The van der Waals surface area contributed by atoms with Crippen molar-refractivity contribution in [1.29, 1.82) is 0 Å². The number of ether oxygens (including phenoxy) is 1. The number of nitrogens with one attached hydrogen (secondary N) is 1. The van der Waals surface area contributed by atoms with Crippen LogP contribution in [0.1, 0.15) is 27.0 Å². The Bertz CT molecular complexity index is 789. The zero-order valence-corrected chi connectivity index (χ0v) is 15.2. The molecule has 2 amide bonds. The third-order valence-electron chi connectivity index (χ3n) is 4.69. The molecular formula is C21H24N2O3. The molecule has 0 saturated carbocycles. The second kappa shape index (κ2) is 8.15. The van der Waals surface area contributed by atoms with E-state index in [9.17, 15) is 9.59 Å². The lowest BCUT2D eigenvalue weighted by Gasteiger charge is -2.33. The smallest absolute Gasteiger partial charge is 0.251 e. The molecule has 1 atom stereocenters. The lowest BCUT2D eigenvalue weighted by Crippen LogP contribution is -2.50. The maximum absolute atomic E-state index is 12.3. The predicted molar refractivity (Wildman–Crippen MR) is 99.8 cm³/mol. The molecule has 1 N–H and O–H groups in total. The summed E-state index contributed by atoms with van der Waals surface area (Å²) in [4.78, 5) is 26.2.